The van der Waals surface area contributed by atoms with Crippen molar-refractivity contribution in [3.63, 3.8) is 0 Å². The molecule has 19 heavy (non-hydrogen) atoms. The lowest BCUT2D eigenvalue weighted by atomic mass is 9.90. The van der Waals surface area contributed by atoms with Gasteiger partial charge in [0.25, 0.3) is 0 Å². The number of nitrogens with zero attached hydrogens (tertiary/aromatic N) is 2. The van der Waals surface area contributed by atoms with Gasteiger partial charge in [-0.2, -0.15) is 10.2 Å². The van der Waals surface area contributed by atoms with Gasteiger partial charge in [0.1, 0.15) is 6.04 Å². The lowest BCUT2D eigenvalue weighted by Gasteiger charge is -2.26. The average molecular weight is 279 g/mol. The average Bonchev–Trinajstić information content (AvgIpc) is 2.41. The molecule has 0 saturated heterocycles. The Labute approximate surface area is 114 Å². The van der Waals surface area contributed by atoms with Gasteiger partial charge in [-0.25, -0.2) is 4.79 Å². The molecule has 0 radical (unpaired) electrons. The van der Waals surface area contributed by atoms with Gasteiger partial charge in [0.05, 0.1) is 5.69 Å². The molecule has 0 amide bonds. The number of allylic oxidation sites excluding steroid dienone is 2. The third-order valence-electron chi connectivity index (χ3n) is 2.66. The van der Waals surface area contributed by atoms with Crippen LogP contribution in [0.3, 0.4) is 0 Å². The second-order valence-corrected chi connectivity index (χ2v) is 4.45. The maximum absolute atomic E-state index is 11.1. The van der Waals surface area contributed by atoms with Crippen LogP contribution in [0.5, 0.6) is 0 Å². The monoisotopic (exact) mass is 278 g/mol. The van der Waals surface area contributed by atoms with Crippen LogP contribution in [-0.2, 0) is 4.79 Å². The first kappa shape index (κ1) is 13.5. The Bertz CT molecular complexity index is 569. The van der Waals surface area contributed by atoms with Gasteiger partial charge in [0, 0.05) is 5.03 Å². The Kier molecular flexibility index (Phi) is 3.78. The zero-order chi connectivity index (χ0) is 13.9. The van der Waals surface area contributed by atoms with E-state index in [9.17, 15) is 9.90 Å². The van der Waals surface area contributed by atoms with Gasteiger partial charge in [-0.15, -0.1) is 0 Å². The van der Waals surface area contributed by atoms with Gasteiger partial charge < -0.3 is 10.2 Å². The zero-order valence-corrected chi connectivity index (χ0v) is 10.5. The fraction of sp³-hybridized carbons (Fsp3) is 0.154. The van der Waals surface area contributed by atoms with Crippen LogP contribution in [0.15, 0.2) is 63.8 Å². The van der Waals surface area contributed by atoms with Gasteiger partial charge in [-0.05, 0) is 30.4 Å². The van der Waals surface area contributed by atoms with Crippen LogP contribution < -0.4 is 0 Å². The molecular weight excluding hydrogens is 268 g/mol. The van der Waals surface area contributed by atoms with Crippen molar-refractivity contribution in [2.24, 2.45) is 10.2 Å². The van der Waals surface area contributed by atoms with Crippen molar-refractivity contribution >= 4 is 23.3 Å². The van der Waals surface area contributed by atoms with Gasteiger partial charge in [-0.1, -0.05) is 29.8 Å². The second-order valence-electron chi connectivity index (χ2n) is 4.01. The number of rotatable bonds is 3. The third-order valence-corrected chi connectivity index (χ3v) is 2.91. The van der Waals surface area contributed by atoms with Gasteiger partial charge in [0.2, 0.25) is 5.60 Å². The van der Waals surface area contributed by atoms with Gasteiger partial charge >= 0.3 is 5.97 Å². The molecule has 0 saturated carbocycles. The first-order chi connectivity index (χ1) is 9.02. The number of aliphatic carboxylic acids is 1. The Morgan fingerprint density at radius 2 is 2.00 bits per heavy atom. The summed E-state index contributed by atoms with van der Waals surface area (Å²) in [6, 6.07) is 7.75. The number of halogens is 1. The quantitative estimate of drug-likeness (QED) is 0.834. The molecule has 1 aromatic carbocycles. The van der Waals surface area contributed by atoms with E-state index >= 15 is 0 Å². The largest absolute Gasteiger partial charge is 0.479 e. The van der Waals surface area contributed by atoms with E-state index in [0.29, 0.717) is 10.7 Å². The van der Waals surface area contributed by atoms with Crippen molar-refractivity contribution in [2.75, 3.05) is 0 Å². The van der Waals surface area contributed by atoms with Crippen LogP contribution in [0.25, 0.3) is 0 Å². The second kappa shape index (κ2) is 5.34. The zero-order valence-electron chi connectivity index (χ0n) is 9.77. The molecule has 6 heteroatoms. The molecule has 0 fully saturated rings. The minimum absolute atomic E-state index is 0.308. The van der Waals surface area contributed by atoms with Crippen LogP contribution in [0, 0.1) is 0 Å². The predicted molar refractivity (Wildman–Crippen MR) is 70.4 cm³/mol. The molecule has 1 aliphatic rings. The number of carboxylic acids is 1. The molecule has 0 bridgehead atoms. The lowest BCUT2D eigenvalue weighted by Crippen LogP contribution is -2.47. The van der Waals surface area contributed by atoms with Crippen molar-refractivity contribution in [3.05, 3.63) is 53.6 Å². The molecule has 5 nitrogen and oxygen atoms in total. The highest BCUT2D eigenvalue weighted by atomic mass is 35.5. The molecule has 2 atom stereocenters. The normalized spacial score (nSPS) is 26.4. The summed E-state index contributed by atoms with van der Waals surface area (Å²) < 4.78 is 0. The van der Waals surface area contributed by atoms with E-state index in [-0.39, 0.29) is 0 Å². The molecule has 2 N–H and O–H groups in total. The van der Waals surface area contributed by atoms with Crippen molar-refractivity contribution in [3.8, 4) is 0 Å². The van der Waals surface area contributed by atoms with Crippen LogP contribution in [0.1, 0.15) is 0 Å². The summed E-state index contributed by atoms with van der Waals surface area (Å²) in [6.07, 6.45) is 3.78. The molecule has 2 unspecified atom stereocenters. The van der Waals surface area contributed by atoms with Crippen LogP contribution >= 0.6 is 11.6 Å². The first-order valence-electron chi connectivity index (χ1n) is 5.50. The molecule has 0 spiro atoms. The van der Waals surface area contributed by atoms with Gasteiger partial charge in [-0.3, -0.25) is 0 Å². The van der Waals surface area contributed by atoms with E-state index in [4.69, 9.17) is 16.7 Å². The molecule has 1 aliphatic carbocycles. The fourth-order valence-corrected chi connectivity index (χ4v) is 1.76. The highest BCUT2D eigenvalue weighted by Crippen LogP contribution is 2.27. The van der Waals surface area contributed by atoms with Crippen molar-refractivity contribution in [2.45, 2.75) is 11.6 Å². The molecule has 0 aromatic heterocycles. The maximum atomic E-state index is 11.1. The van der Waals surface area contributed by atoms with Crippen molar-refractivity contribution in [1.29, 1.82) is 0 Å². The van der Waals surface area contributed by atoms with Gasteiger partial charge in [0.15, 0.2) is 0 Å². The standard InChI is InChI=1S/C13H11ClN2O3/c14-9-6-7-13(19,12(17)18)11(8-9)16-15-10-4-2-1-3-5-10/h1-8,11,19H,(H,17,18). The highest BCUT2D eigenvalue weighted by Gasteiger charge is 2.43. The molecule has 98 valence electrons. The number of aliphatic hydroxyl groups is 1. The molecule has 2 rings (SSSR count). The van der Waals surface area contributed by atoms with Crippen molar-refractivity contribution in [1.82, 2.24) is 0 Å². The Morgan fingerprint density at radius 3 is 2.63 bits per heavy atom. The first-order valence-corrected chi connectivity index (χ1v) is 5.88. The number of carbonyl (C=O) groups is 1. The minimum Gasteiger partial charge on any atom is -0.479 e. The highest BCUT2D eigenvalue weighted by molar-refractivity contribution is 6.31. The van der Waals surface area contributed by atoms with Crippen LogP contribution in [0.2, 0.25) is 0 Å². The van der Waals surface area contributed by atoms with Crippen molar-refractivity contribution < 1.29 is 15.0 Å². The summed E-state index contributed by atoms with van der Waals surface area (Å²) in [5.41, 5.74) is -1.56. The summed E-state index contributed by atoms with van der Waals surface area (Å²) >= 11 is 5.79. The summed E-state index contributed by atoms with van der Waals surface area (Å²) in [7, 11) is 0. The summed E-state index contributed by atoms with van der Waals surface area (Å²) in [5, 5.41) is 27.2. The molecule has 0 aliphatic heterocycles. The summed E-state index contributed by atoms with van der Waals surface area (Å²) in [5.74, 6) is -1.40. The number of hydrogen-bond acceptors (Lipinski definition) is 4. The molecule has 0 heterocycles. The minimum atomic E-state index is -2.13. The topological polar surface area (TPSA) is 82.2 Å². The van der Waals surface area contributed by atoms with E-state index in [0.717, 1.165) is 6.08 Å². The number of hydrogen-bond donors (Lipinski definition) is 2. The van der Waals surface area contributed by atoms with Crippen LogP contribution in [0.4, 0.5) is 5.69 Å². The Hall–Kier alpha value is -1.98. The van der Waals surface area contributed by atoms with E-state index in [2.05, 4.69) is 10.2 Å². The van der Waals surface area contributed by atoms with E-state index in [1.165, 1.54) is 12.2 Å². The van der Waals surface area contributed by atoms with E-state index in [1.54, 1.807) is 24.3 Å². The summed E-state index contributed by atoms with van der Waals surface area (Å²) in [4.78, 5) is 11.1. The Balaban J connectivity index is 2.28. The fourth-order valence-electron chi connectivity index (χ4n) is 1.58. The van der Waals surface area contributed by atoms with Crippen LogP contribution in [-0.4, -0.2) is 27.8 Å². The number of benzene rings is 1. The summed E-state index contributed by atoms with van der Waals surface area (Å²) in [6.45, 7) is 0. The lowest BCUT2D eigenvalue weighted by molar-refractivity contribution is -0.154. The SMILES string of the molecule is O=C(O)C1(O)C=CC(Cl)=CC1N=Nc1ccccc1. The predicted octanol–water partition coefficient (Wildman–Crippen LogP) is 2.65. The molecule has 1 aromatic rings. The maximum Gasteiger partial charge on any atom is 0.342 e. The number of azo groups is 1. The van der Waals surface area contributed by atoms with E-state index < -0.39 is 17.6 Å². The Morgan fingerprint density at radius 1 is 1.32 bits per heavy atom. The number of carboxylic acid groups (broad SMARTS) is 1. The smallest absolute Gasteiger partial charge is 0.342 e. The van der Waals surface area contributed by atoms with E-state index in [1.807, 2.05) is 6.07 Å². The molecular formula is C13H11ClN2O3. The third kappa shape index (κ3) is 2.89.